The number of ether oxygens (including phenoxy) is 5. The number of amides is 3. The highest BCUT2D eigenvalue weighted by molar-refractivity contribution is 6.07. The lowest BCUT2D eigenvalue weighted by molar-refractivity contribution is -0.126. The molecule has 0 aromatic heterocycles. The molecule has 5 aromatic rings. The van der Waals surface area contributed by atoms with Gasteiger partial charge < -0.3 is 39.2 Å². The zero-order valence-corrected chi connectivity index (χ0v) is 32.9. The minimum atomic E-state index is -0.919. The van der Waals surface area contributed by atoms with Crippen LogP contribution in [-0.4, -0.2) is 59.0 Å². The van der Waals surface area contributed by atoms with Gasteiger partial charge in [-0.2, -0.15) is 0 Å². The molecule has 7 rings (SSSR count). The average molecular weight is 770 g/mol. The lowest BCUT2D eigenvalue weighted by atomic mass is 9.77. The molecular weight excluding hydrogens is 723 g/mol. The highest BCUT2D eigenvalue weighted by atomic mass is 16.5. The largest absolute Gasteiger partial charge is 0.495 e. The fraction of sp³-hybridized carbons (Fsp3) is 0.283. The summed E-state index contributed by atoms with van der Waals surface area (Å²) in [6, 6.07) is 33.4. The molecule has 57 heavy (non-hydrogen) atoms. The zero-order valence-electron chi connectivity index (χ0n) is 32.9. The topological polar surface area (TPSA) is 125 Å². The summed E-state index contributed by atoms with van der Waals surface area (Å²) in [7, 11) is 6.09. The normalized spacial score (nSPS) is 16.7. The molecule has 1 saturated heterocycles. The molecule has 0 saturated carbocycles. The Hall–Kier alpha value is -6.49. The first-order chi connectivity index (χ1) is 27.7. The molecule has 3 amide bonds. The van der Waals surface area contributed by atoms with Crippen molar-refractivity contribution < 1.29 is 38.1 Å². The second-order valence-electron chi connectivity index (χ2n) is 14.2. The number of carbonyl (C=O) groups excluding carboxylic acids is 3. The van der Waals surface area contributed by atoms with Gasteiger partial charge in [0.15, 0.2) is 11.5 Å². The second-order valence-corrected chi connectivity index (χ2v) is 14.2. The van der Waals surface area contributed by atoms with Gasteiger partial charge in [0.2, 0.25) is 17.6 Å². The maximum atomic E-state index is 14.2. The number of rotatable bonds is 14. The molecule has 0 spiro atoms. The van der Waals surface area contributed by atoms with Crippen molar-refractivity contribution in [2.75, 3.05) is 45.3 Å². The van der Waals surface area contributed by atoms with Crippen LogP contribution in [-0.2, 0) is 14.3 Å². The van der Waals surface area contributed by atoms with Crippen molar-refractivity contribution in [3.8, 4) is 34.1 Å². The van der Waals surface area contributed by atoms with Gasteiger partial charge in [-0.1, -0.05) is 105 Å². The number of benzene rings is 5. The van der Waals surface area contributed by atoms with Crippen molar-refractivity contribution in [2.45, 2.75) is 44.2 Å². The lowest BCUT2D eigenvalue weighted by Gasteiger charge is -2.48. The van der Waals surface area contributed by atoms with Crippen LogP contribution in [0.5, 0.6) is 23.0 Å². The van der Waals surface area contributed by atoms with Crippen molar-refractivity contribution in [2.24, 2.45) is 5.92 Å². The molecular formula is C46H47N3O8. The number of carbonyl (C=O) groups is 3. The zero-order chi connectivity index (χ0) is 40.2. The molecule has 1 heterocycles. The van der Waals surface area contributed by atoms with Gasteiger partial charge in [-0.3, -0.25) is 9.59 Å². The van der Waals surface area contributed by atoms with Gasteiger partial charge in [-0.05, 0) is 51.4 Å². The summed E-state index contributed by atoms with van der Waals surface area (Å²) in [5.41, 5.74) is 6.99. The number of hydrogen-bond acceptors (Lipinski definition) is 8. The SMILES string of the molecule is CC[C@H](C)[C@H](NC(=O)OCC1c2ccccc2-c2ccccc21)C(=O)Nc1cc([C@H]2[C@H](c3ccccc3)C(=O)N2c2cc(OC)c(OC)c(OC)c2)ccc1OC. The Morgan fingerprint density at radius 2 is 1.32 bits per heavy atom. The number of anilines is 2. The Morgan fingerprint density at radius 1 is 0.719 bits per heavy atom. The smallest absolute Gasteiger partial charge is 0.407 e. The quantitative estimate of drug-likeness (QED) is 0.108. The molecule has 0 unspecified atom stereocenters. The van der Waals surface area contributed by atoms with Crippen molar-refractivity contribution >= 4 is 29.3 Å². The predicted octanol–water partition coefficient (Wildman–Crippen LogP) is 8.48. The average Bonchev–Trinajstić information content (AvgIpc) is 3.56. The highest BCUT2D eigenvalue weighted by Gasteiger charge is 2.50. The molecule has 11 heteroatoms. The summed E-state index contributed by atoms with van der Waals surface area (Å²) in [5.74, 6) is 0.205. The maximum Gasteiger partial charge on any atom is 0.407 e. The van der Waals surface area contributed by atoms with E-state index < -0.39 is 30.0 Å². The molecule has 294 valence electrons. The Labute approximate surface area is 332 Å². The van der Waals surface area contributed by atoms with Crippen molar-refractivity contribution in [3.05, 3.63) is 131 Å². The molecule has 2 N–H and O–H groups in total. The van der Waals surface area contributed by atoms with E-state index in [1.54, 1.807) is 23.1 Å². The monoisotopic (exact) mass is 769 g/mol. The van der Waals surface area contributed by atoms with Gasteiger partial charge in [-0.25, -0.2) is 4.79 Å². The summed E-state index contributed by atoms with van der Waals surface area (Å²) < 4.78 is 28.3. The van der Waals surface area contributed by atoms with E-state index >= 15 is 0 Å². The molecule has 0 bridgehead atoms. The van der Waals surface area contributed by atoms with Crippen molar-refractivity contribution in [3.63, 3.8) is 0 Å². The van der Waals surface area contributed by atoms with E-state index in [2.05, 4.69) is 34.9 Å². The summed E-state index contributed by atoms with van der Waals surface area (Å²) in [6.45, 7) is 3.98. The van der Waals surface area contributed by atoms with E-state index in [0.29, 0.717) is 40.8 Å². The fourth-order valence-electron chi connectivity index (χ4n) is 8.00. The third-order valence-electron chi connectivity index (χ3n) is 11.1. The maximum absolute atomic E-state index is 14.2. The van der Waals surface area contributed by atoms with Crippen LogP contribution >= 0.6 is 0 Å². The number of methoxy groups -OCH3 is 4. The van der Waals surface area contributed by atoms with Crippen LogP contribution in [0.15, 0.2) is 109 Å². The lowest BCUT2D eigenvalue weighted by Crippen LogP contribution is -2.53. The third-order valence-corrected chi connectivity index (χ3v) is 11.1. The van der Waals surface area contributed by atoms with Gasteiger partial charge in [0.05, 0.1) is 51.8 Å². The third kappa shape index (κ3) is 7.33. The van der Waals surface area contributed by atoms with Crippen molar-refractivity contribution in [1.82, 2.24) is 5.32 Å². The highest BCUT2D eigenvalue weighted by Crippen LogP contribution is 2.52. The van der Waals surface area contributed by atoms with Crippen molar-refractivity contribution in [1.29, 1.82) is 0 Å². The summed E-state index contributed by atoms with van der Waals surface area (Å²) in [5, 5.41) is 5.88. The van der Waals surface area contributed by atoms with Crippen LogP contribution in [0.3, 0.4) is 0 Å². The standard InChI is InChI=1S/C46H47N3O8/c1-7-27(2)41(48-46(52)57-26-35-33-19-13-11-17-31(33)32-18-12-14-20-34(32)35)44(50)47-36-23-29(21-22-37(36)53-3)42-40(28-15-9-8-10-16-28)45(51)49(42)30-24-38(54-4)43(56-6)39(25-30)55-5/h8-25,27,35,40-42H,7,26H2,1-6H3,(H,47,50)(H,48,52)/t27-,40-,41-,42-/m0/s1. The predicted molar refractivity (Wildman–Crippen MR) is 219 cm³/mol. The second kappa shape index (κ2) is 16.7. The van der Waals surface area contributed by atoms with E-state index in [0.717, 1.165) is 33.4 Å². The molecule has 0 radical (unpaired) electrons. The van der Waals surface area contributed by atoms with Crippen LogP contribution in [0.2, 0.25) is 0 Å². The van der Waals surface area contributed by atoms with E-state index in [4.69, 9.17) is 23.7 Å². The Balaban J connectivity index is 1.15. The minimum Gasteiger partial charge on any atom is -0.495 e. The molecule has 5 aromatic carbocycles. The van der Waals surface area contributed by atoms with Gasteiger partial charge in [-0.15, -0.1) is 0 Å². The van der Waals surface area contributed by atoms with Gasteiger partial charge in [0.25, 0.3) is 0 Å². The summed E-state index contributed by atoms with van der Waals surface area (Å²) in [4.78, 5) is 43.4. The number of fused-ring (bicyclic) bond motifs is 3. The Morgan fingerprint density at radius 3 is 1.89 bits per heavy atom. The van der Waals surface area contributed by atoms with E-state index in [9.17, 15) is 14.4 Å². The summed E-state index contributed by atoms with van der Waals surface area (Å²) >= 11 is 0. The number of hydrogen-bond donors (Lipinski definition) is 2. The van der Waals surface area contributed by atoms with Crippen LogP contribution in [0, 0.1) is 5.92 Å². The van der Waals surface area contributed by atoms with E-state index in [-0.39, 0.29) is 24.3 Å². The van der Waals surface area contributed by atoms with Gasteiger partial charge >= 0.3 is 6.09 Å². The fourth-order valence-corrected chi connectivity index (χ4v) is 8.00. The molecule has 4 atom stereocenters. The Bertz CT molecular complexity index is 2210. The van der Waals surface area contributed by atoms with Crippen LogP contribution in [0.1, 0.15) is 60.4 Å². The molecule has 1 aliphatic heterocycles. The molecule has 11 nitrogen and oxygen atoms in total. The Kier molecular flexibility index (Phi) is 11.4. The van der Waals surface area contributed by atoms with E-state index in [1.165, 1.54) is 28.4 Å². The van der Waals surface area contributed by atoms with Gasteiger partial charge in [0.1, 0.15) is 18.4 Å². The first-order valence-electron chi connectivity index (χ1n) is 19.0. The van der Waals surface area contributed by atoms with Crippen LogP contribution in [0.4, 0.5) is 16.2 Å². The molecule has 2 aliphatic rings. The first-order valence-corrected chi connectivity index (χ1v) is 19.0. The number of nitrogens with one attached hydrogen (secondary N) is 2. The number of β-lactam (4-membered cyclic amide) rings is 1. The first kappa shape index (κ1) is 38.8. The number of nitrogens with zero attached hydrogens (tertiary/aromatic N) is 1. The molecule has 1 aliphatic carbocycles. The minimum absolute atomic E-state index is 0.119. The number of alkyl carbamates (subject to hydrolysis) is 1. The molecule has 1 fully saturated rings. The van der Waals surface area contributed by atoms with Crippen LogP contribution in [0.25, 0.3) is 11.1 Å². The van der Waals surface area contributed by atoms with Crippen LogP contribution < -0.4 is 34.5 Å². The van der Waals surface area contributed by atoms with E-state index in [1.807, 2.05) is 80.6 Å². The summed E-state index contributed by atoms with van der Waals surface area (Å²) in [6.07, 6.45) is -0.0660. The van der Waals surface area contributed by atoms with Gasteiger partial charge in [0, 0.05) is 18.1 Å².